The van der Waals surface area contributed by atoms with E-state index in [0.29, 0.717) is 17.8 Å². The summed E-state index contributed by atoms with van der Waals surface area (Å²) < 4.78 is 1.48. The fourth-order valence-corrected chi connectivity index (χ4v) is 3.19. The van der Waals surface area contributed by atoms with E-state index in [2.05, 4.69) is 26.4 Å². The van der Waals surface area contributed by atoms with Crippen LogP contribution in [0.1, 0.15) is 33.9 Å². The number of nitrogens with one attached hydrogen (secondary N) is 1. The molecule has 1 unspecified atom stereocenters. The zero-order valence-corrected chi connectivity index (χ0v) is 17.2. The van der Waals surface area contributed by atoms with Gasteiger partial charge in [0.05, 0.1) is 22.7 Å². The van der Waals surface area contributed by atoms with Crippen molar-refractivity contribution in [3.8, 4) is 0 Å². The number of anilines is 1. The van der Waals surface area contributed by atoms with E-state index in [0.717, 1.165) is 11.1 Å². The maximum absolute atomic E-state index is 12.4. The van der Waals surface area contributed by atoms with Crippen molar-refractivity contribution in [3.63, 3.8) is 0 Å². The summed E-state index contributed by atoms with van der Waals surface area (Å²) in [5.74, 6) is -0.331. The fraction of sp³-hybridized carbons (Fsp3) is 0.136. The minimum Gasteiger partial charge on any atom is -0.324 e. The molecule has 148 valence electrons. The molecule has 0 spiro atoms. The van der Waals surface area contributed by atoms with Crippen LogP contribution >= 0.6 is 16.1 Å². The van der Waals surface area contributed by atoms with Crippen LogP contribution in [0.15, 0.2) is 79.1 Å². The molecule has 3 aromatic rings. The van der Waals surface area contributed by atoms with Gasteiger partial charge in [-0.2, -0.15) is 0 Å². The third-order valence-corrected chi connectivity index (χ3v) is 5.01. The molecule has 0 aliphatic carbocycles. The lowest BCUT2D eigenvalue weighted by Gasteiger charge is -2.18. The first-order chi connectivity index (χ1) is 14.0. The maximum atomic E-state index is 12.4. The van der Waals surface area contributed by atoms with Crippen molar-refractivity contribution >= 4 is 33.6 Å². The fourth-order valence-electron chi connectivity index (χ4n) is 2.76. The average Bonchev–Trinajstić information content (AvgIpc) is 2.75. The van der Waals surface area contributed by atoms with Crippen molar-refractivity contribution in [2.75, 3.05) is 5.32 Å². The molecular formula is C22H21BrN4O2. The van der Waals surface area contributed by atoms with Crippen molar-refractivity contribution in [1.29, 1.82) is 0 Å². The number of carbonyl (C=O) groups excluding carboxylic acids is 2. The second-order valence-electron chi connectivity index (χ2n) is 6.52. The number of amides is 2. The van der Waals surface area contributed by atoms with E-state index < -0.39 is 6.04 Å². The summed E-state index contributed by atoms with van der Waals surface area (Å²) in [5, 5.41) is 2.80. The number of aromatic nitrogens is 1. The largest absolute Gasteiger partial charge is 0.324 e. The van der Waals surface area contributed by atoms with E-state index in [1.165, 1.54) is 3.93 Å². The third-order valence-electron chi connectivity index (χ3n) is 4.37. The Hall–Kier alpha value is -3.03. The van der Waals surface area contributed by atoms with E-state index in [1.807, 2.05) is 30.3 Å². The quantitative estimate of drug-likeness (QED) is 0.528. The van der Waals surface area contributed by atoms with E-state index in [1.54, 1.807) is 48.8 Å². The Balaban J connectivity index is 1.56. The van der Waals surface area contributed by atoms with Gasteiger partial charge < -0.3 is 11.1 Å². The number of rotatable bonds is 7. The molecule has 1 aromatic heterocycles. The molecule has 0 bridgehead atoms. The standard InChI is InChI=1S/C22H21BrN4O2/c23-27(15-16-4-2-1-3-5-16)21(28)14-20(24)17-6-8-18(9-7-17)22(29)26-19-10-12-25-13-11-19/h1-13,20H,14-15,24H2,(H,25,26,29). The zero-order valence-electron chi connectivity index (χ0n) is 15.7. The van der Waals surface area contributed by atoms with Gasteiger partial charge in [0.2, 0.25) is 5.91 Å². The number of carbonyl (C=O) groups is 2. The van der Waals surface area contributed by atoms with Gasteiger partial charge in [-0.3, -0.25) is 18.5 Å². The second kappa shape index (κ2) is 9.95. The SMILES string of the molecule is NC(CC(=O)N(Br)Cc1ccccc1)c1ccc(C(=O)Nc2ccncc2)cc1. The molecule has 0 aliphatic rings. The molecule has 0 aliphatic heterocycles. The minimum atomic E-state index is -0.462. The van der Waals surface area contributed by atoms with Crippen LogP contribution in [0.4, 0.5) is 5.69 Å². The first-order valence-electron chi connectivity index (χ1n) is 9.10. The predicted octanol–water partition coefficient (Wildman–Crippen LogP) is 4.06. The van der Waals surface area contributed by atoms with Gasteiger partial charge in [0, 0.05) is 36.1 Å². The lowest BCUT2D eigenvalue weighted by atomic mass is 10.0. The first kappa shape index (κ1) is 20.7. The van der Waals surface area contributed by atoms with E-state index in [9.17, 15) is 9.59 Å². The molecule has 29 heavy (non-hydrogen) atoms. The molecule has 1 heterocycles. The lowest BCUT2D eigenvalue weighted by molar-refractivity contribution is -0.126. The molecule has 3 rings (SSSR count). The molecule has 3 N–H and O–H groups in total. The van der Waals surface area contributed by atoms with Gasteiger partial charge in [-0.1, -0.05) is 42.5 Å². The molecule has 1 atom stereocenters. The van der Waals surface area contributed by atoms with Crippen LogP contribution < -0.4 is 11.1 Å². The van der Waals surface area contributed by atoms with Crippen LogP contribution in [0.5, 0.6) is 0 Å². The normalized spacial score (nSPS) is 11.5. The van der Waals surface area contributed by atoms with Crippen LogP contribution in [-0.2, 0) is 11.3 Å². The van der Waals surface area contributed by atoms with Crippen LogP contribution in [0, 0.1) is 0 Å². The Labute approximate surface area is 178 Å². The number of nitrogens with two attached hydrogens (primary N) is 1. The highest BCUT2D eigenvalue weighted by molar-refractivity contribution is 9.07. The Kier molecular flexibility index (Phi) is 7.10. The van der Waals surface area contributed by atoms with Gasteiger partial charge >= 0.3 is 0 Å². The Bertz CT molecular complexity index is 950. The van der Waals surface area contributed by atoms with Crippen LogP contribution in [0.2, 0.25) is 0 Å². The lowest BCUT2D eigenvalue weighted by Crippen LogP contribution is -2.25. The average molecular weight is 453 g/mol. The number of halogens is 1. The molecule has 2 aromatic carbocycles. The highest BCUT2D eigenvalue weighted by Gasteiger charge is 2.17. The first-order valence-corrected chi connectivity index (χ1v) is 9.81. The van der Waals surface area contributed by atoms with Gasteiger partial charge in [0.1, 0.15) is 0 Å². The maximum Gasteiger partial charge on any atom is 0.255 e. The molecule has 2 amide bonds. The van der Waals surface area contributed by atoms with Gasteiger partial charge in [0.15, 0.2) is 0 Å². The van der Waals surface area contributed by atoms with E-state index in [-0.39, 0.29) is 18.2 Å². The van der Waals surface area contributed by atoms with Gasteiger partial charge in [0.25, 0.3) is 5.91 Å². The summed E-state index contributed by atoms with van der Waals surface area (Å²) >= 11 is 3.31. The number of hydrogen-bond donors (Lipinski definition) is 2. The highest BCUT2D eigenvalue weighted by atomic mass is 79.9. The molecular weight excluding hydrogens is 432 g/mol. The summed E-state index contributed by atoms with van der Waals surface area (Å²) in [5.41, 5.74) is 9.20. The van der Waals surface area contributed by atoms with Crippen molar-refractivity contribution in [2.45, 2.75) is 19.0 Å². The van der Waals surface area contributed by atoms with Crippen molar-refractivity contribution in [2.24, 2.45) is 5.73 Å². The smallest absolute Gasteiger partial charge is 0.255 e. The summed E-state index contributed by atoms with van der Waals surface area (Å²) in [4.78, 5) is 28.7. The van der Waals surface area contributed by atoms with E-state index in [4.69, 9.17) is 5.73 Å². The minimum absolute atomic E-state index is 0.110. The van der Waals surface area contributed by atoms with Crippen LogP contribution in [0.3, 0.4) is 0 Å². The Morgan fingerprint density at radius 2 is 1.66 bits per heavy atom. The second-order valence-corrected chi connectivity index (χ2v) is 7.38. The predicted molar refractivity (Wildman–Crippen MR) is 116 cm³/mol. The van der Waals surface area contributed by atoms with Crippen molar-refractivity contribution < 1.29 is 9.59 Å². The number of pyridine rings is 1. The van der Waals surface area contributed by atoms with Crippen molar-refractivity contribution in [3.05, 3.63) is 95.8 Å². The highest BCUT2D eigenvalue weighted by Crippen LogP contribution is 2.19. The van der Waals surface area contributed by atoms with Gasteiger partial charge in [-0.25, -0.2) is 0 Å². The number of nitrogens with zero attached hydrogens (tertiary/aromatic N) is 2. The Morgan fingerprint density at radius 1 is 1.00 bits per heavy atom. The van der Waals surface area contributed by atoms with Crippen LogP contribution in [0.25, 0.3) is 0 Å². The number of benzene rings is 2. The van der Waals surface area contributed by atoms with Crippen molar-refractivity contribution in [1.82, 2.24) is 8.91 Å². The third kappa shape index (κ3) is 5.97. The van der Waals surface area contributed by atoms with Crippen LogP contribution in [-0.4, -0.2) is 20.7 Å². The van der Waals surface area contributed by atoms with Gasteiger partial charge in [-0.15, -0.1) is 0 Å². The summed E-state index contributed by atoms with van der Waals surface area (Å²) in [7, 11) is 0. The topological polar surface area (TPSA) is 88.3 Å². The molecule has 0 saturated heterocycles. The summed E-state index contributed by atoms with van der Waals surface area (Å²) in [6, 6.07) is 19.6. The van der Waals surface area contributed by atoms with E-state index >= 15 is 0 Å². The number of hydrogen-bond acceptors (Lipinski definition) is 4. The monoisotopic (exact) mass is 452 g/mol. The summed E-state index contributed by atoms with van der Waals surface area (Å²) in [6.45, 7) is 0.459. The zero-order chi connectivity index (χ0) is 20.6. The summed E-state index contributed by atoms with van der Waals surface area (Å²) in [6.07, 6.45) is 3.38. The molecule has 0 fully saturated rings. The molecule has 0 saturated carbocycles. The Morgan fingerprint density at radius 3 is 2.31 bits per heavy atom. The van der Waals surface area contributed by atoms with Gasteiger partial charge in [-0.05, 0) is 35.4 Å². The molecule has 0 radical (unpaired) electrons. The molecule has 7 heteroatoms. The molecule has 6 nitrogen and oxygen atoms in total.